The van der Waals surface area contributed by atoms with Gasteiger partial charge >= 0.3 is 0 Å². The van der Waals surface area contributed by atoms with Gasteiger partial charge in [0.25, 0.3) is 5.56 Å². The van der Waals surface area contributed by atoms with Gasteiger partial charge < -0.3 is 15.9 Å². The van der Waals surface area contributed by atoms with Crippen LogP contribution < -0.4 is 11.3 Å². The van der Waals surface area contributed by atoms with E-state index >= 15 is 0 Å². The van der Waals surface area contributed by atoms with Crippen LogP contribution in [-0.2, 0) is 0 Å². The first-order valence-electron chi connectivity index (χ1n) is 5.29. The van der Waals surface area contributed by atoms with Crippen molar-refractivity contribution in [1.82, 2.24) is 15.0 Å². The van der Waals surface area contributed by atoms with Crippen LogP contribution in [0.2, 0.25) is 0 Å². The van der Waals surface area contributed by atoms with Gasteiger partial charge in [0.2, 0.25) is 0 Å². The van der Waals surface area contributed by atoms with Crippen molar-refractivity contribution in [3.8, 4) is 0 Å². The first-order valence-corrected chi connectivity index (χ1v) is 6.10. The number of oxime groups is 1. The van der Waals surface area contributed by atoms with Crippen LogP contribution in [0.15, 0.2) is 44.5 Å². The molecule has 19 heavy (non-hydrogen) atoms. The number of aryl methyl sites for hydroxylation is 1. The van der Waals surface area contributed by atoms with E-state index < -0.39 is 0 Å². The van der Waals surface area contributed by atoms with E-state index in [-0.39, 0.29) is 11.4 Å². The Morgan fingerprint density at radius 3 is 3.05 bits per heavy atom. The third kappa shape index (κ3) is 3.10. The van der Waals surface area contributed by atoms with Crippen LogP contribution in [0.4, 0.5) is 0 Å². The number of pyridine rings is 1. The summed E-state index contributed by atoms with van der Waals surface area (Å²) < 4.78 is 0. The molecule has 0 radical (unpaired) electrons. The molecule has 8 heteroatoms. The average molecular weight is 277 g/mol. The monoisotopic (exact) mass is 277 g/mol. The van der Waals surface area contributed by atoms with Gasteiger partial charge in [0.1, 0.15) is 5.03 Å². The zero-order chi connectivity index (χ0) is 13.8. The highest BCUT2D eigenvalue weighted by Gasteiger charge is 2.11. The molecule has 0 spiro atoms. The molecule has 0 aliphatic rings. The maximum atomic E-state index is 11.4. The predicted molar refractivity (Wildman–Crippen MR) is 70.5 cm³/mol. The van der Waals surface area contributed by atoms with Gasteiger partial charge in [-0.25, -0.2) is 9.97 Å². The molecule has 0 fully saturated rings. The lowest BCUT2D eigenvalue weighted by Gasteiger charge is -2.05. The molecule has 98 valence electrons. The molecule has 2 rings (SSSR count). The zero-order valence-electron chi connectivity index (χ0n) is 9.99. The summed E-state index contributed by atoms with van der Waals surface area (Å²) in [5.41, 5.74) is 6.40. The van der Waals surface area contributed by atoms with Gasteiger partial charge in [-0.1, -0.05) is 5.16 Å². The largest absolute Gasteiger partial charge is 0.409 e. The summed E-state index contributed by atoms with van der Waals surface area (Å²) in [6.45, 7) is 1.72. The molecule has 2 aromatic heterocycles. The van der Waals surface area contributed by atoms with Crippen LogP contribution in [0.5, 0.6) is 0 Å². The number of nitrogens with zero attached hydrogens (tertiary/aromatic N) is 3. The Morgan fingerprint density at radius 2 is 2.37 bits per heavy atom. The lowest BCUT2D eigenvalue weighted by Crippen LogP contribution is -2.15. The van der Waals surface area contributed by atoms with Gasteiger partial charge in [0, 0.05) is 18.0 Å². The molecule has 0 amide bonds. The van der Waals surface area contributed by atoms with Crippen molar-refractivity contribution in [1.29, 1.82) is 0 Å². The van der Waals surface area contributed by atoms with E-state index in [9.17, 15) is 4.79 Å². The quantitative estimate of drug-likeness (QED) is 0.250. The van der Waals surface area contributed by atoms with Gasteiger partial charge in [-0.05, 0) is 30.8 Å². The summed E-state index contributed by atoms with van der Waals surface area (Å²) in [6.07, 6.45) is 1.57. The van der Waals surface area contributed by atoms with Crippen molar-refractivity contribution >= 4 is 17.6 Å². The maximum Gasteiger partial charge on any atom is 0.251 e. The molecule has 2 aromatic rings. The molecule has 0 saturated carbocycles. The van der Waals surface area contributed by atoms with Crippen LogP contribution >= 0.6 is 11.8 Å². The average Bonchev–Trinajstić information content (AvgIpc) is 2.37. The molecule has 0 unspecified atom stereocenters. The fourth-order valence-electron chi connectivity index (χ4n) is 1.41. The summed E-state index contributed by atoms with van der Waals surface area (Å²) in [6, 6.07) is 4.73. The van der Waals surface area contributed by atoms with E-state index in [1.807, 2.05) is 0 Å². The first kappa shape index (κ1) is 13.1. The van der Waals surface area contributed by atoms with E-state index in [4.69, 9.17) is 10.9 Å². The minimum Gasteiger partial charge on any atom is -0.409 e. The number of nitrogens with two attached hydrogens (primary N) is 1. The number of aromatic amines is 1. The van der Waals surface area contributed by atoms with Gasteiger partial charge in [0.05, 0.1) is 5.56 Å². The minimum absolute atomic E-state index is 0.0504. The SMILES string of the molecule is Cc1cc(=O)[nH]c(Sc2ncccc2/C(N)=N/O)n1. The third-order valence-electron chi connectivity index (χ3n) is 2.20. The summed E-state index contributed by atoms with van der Waals surface area (Å²) >= 11 is 1.14. The van der Waals surface area contributed by atoms with Gasteiger partial charge in [-0.3, -0.25) is 4.79 Å². The van der Waals surface area contributed by atoms with Crippen molar-refractivity contribution < 1.29 is 5.21 Å². The Labute approximate surface area is 112 Å². The van der Waals surface area contributed by atoms with Crippen molar-refractivity contribution in [2.45, 2.75) is 17.1 Å². The van der Waals surface area contributed by atoms with E-state index in [1.165, 1.54) is 6.07 Å². The summed E-state index contributed by atoms with van der Waals surface area (Å²) in [5, 5.41) is 12.6. The van der Waals surface area contributed by atoms with Crippen molar-refractivity contribution in [3.63, 3.8) is 0 Å². The highest BCUT2D eigenvalue weighted by Crippen LogP contribution is 2.24. The van der Waals surface area contributed by atoms with E-state index in [0.29, 0.717) is 21.4 Å². The lowest BCUT2D eigenvalue weighted by molar-refractivity contribution is 0.318. The zero-order valence-corrected chi connectivity index (χ0v) is 10.8. The van der Waals surface area contributed by atoms with Gasteiger partial charge in [-0.15, -0.1) is 0 Å². The van der Waals surface area contributed by atoms with Gasteiger partial charge in [-0.2, -0.15) is 0 Å². The first-order chi connectivity index (χ1) is 9.10. The minimum atomic E-state index is -0.240. The molecule has 0 aliphatic heterocycles. The number of amidine groups is 1. The fourth-order valence-corrected chi connectivity index (χ4v) is 2.33. The second-order valence-electron chi connectivity index (χ2n) is 3.64. The molecular weight excluding hydrogens is 266 g/mol. The molecule has 0 saturated heterocycles. The summed E-state index contributed by atoms with van der Waals surface area (Å²) in [4.78, 5) is 22.3. The van der Waals surface area contributed by atoms with Gasteiger partial charge in [0.15, 0.2) is 11.0 Å². The third-order valence-corrected chi connectivity index (χ3v) is 3.10. The van der Waals surface area contributed by atoms with Crippen LogP contribution in [0.3, 0.4) is 0 Å². The predicted octanol–water partition coefficient (Wildman–Crippen LogP) is 0.719. The Balaban J connectivity index is 2.41. The van der Waals surface area contributed by atoms with E-state index in [1.54, 1.807) is 25.3 Å². The van der Waals surface area contributed by atoms with Crippen molar-refractivity contribution in [3.05, 3.63) is 46.0 Å². The maximum absolute atomic E-state index is 11.4. The molecule has 0 aromatic carbocycles. The fraction of sp³-hybridized carbons (Fsp3) is 0.0909. The molecule has 0 aliphatic carbocycles. The number of hydrogen-bond donors (Lipinski definition) is 3. The topological polar surface area (TPSA) is 117 Å². The Bertz CT molecular complexity index is 683. The van der Waals surface area contributed by atoms with E-state index in [0.717, 1.165) is 11.8 Å². The number of rotatable bonds is 3. The second kappa shape index (κ2) is 5.53. The van der Waals surface area contributed by atoms with E-state index in [2.05, 4.69) is 20.1 Å². The number of nitrogens with one attached hydrogen (secondary N) is 1. The Morgan fingerprint density at radius 1 is 1.58 bits per heavy atom. The van der Waals surface area contributed by atoms with Crippen LogP contribution in [0.1, 0.15) is 11.3 Å². The normalized spacial score (nSPS) is 11.5. The summed E-state index contributed by atoms with van der Waals surface area (Å²) in [5.74, 6) is -0.0504. The lowest BCUT2D eigenvalue weighted by atomic mass is 10.3. The molecular formula is C11H11N5O2S. The molecule has 0 bridgehead atoms. The van der Waals surface area contributed by atoms with Crippen molar-refractivity contribution in [2.75, 3.05) is 0 Å². The highest BCUT2D eigenvalue weighted by molar-refractivity contribution is 7.99. The van der Waals surface area contributed by atoms with Crippen LogP contribution in [0, 0.1) is 6.92 Å². The number of H-pyrrole nitrogens is 1. The van der Waals surface area contributed by atoms with Crippen molar-refractivity contribution in [2.24, 2.45) is 10.9 Å². The Hall–Kier alpha value is -2.35. The smallest absolute Gasteiger partial charge is 0.251 e. The molecule has 0 atom stereocenters. The Kier molecular flexibility index (Phi) is 3.81. The van der Waals surface area contributed by atoms with Crippen LogP contribution in [-0.4, -0.2) is 26.0 Å². The second-order valence-corrected chi connectivity index (χ2v) is 4.61. The van der Waals surface area contributed by atoms with Crippen LogP contribution in [0.25, 0.3) is 0 Å². The summed E-state index contributed by atoms with van der Waals surface area (Å²) in [7, 11) is 0. The highest BCUT2D eigenvalue weighted by atomic mass is 32.2. The molecule has 2 heterocycles. The standard InChI is InChI=1S/C11H11N5O2S/c1-6-5-8(17)15-11(14-6)19-10-7(9(12)16-18)3-2-4-13-10/h2-5,18H,1H3,(H2,12,16)(H,14,15,17). The number of hydrogen-bond acceptors (Lipinski definition) is 6. The molecule has 4 N–H and O–H groups in total. The molecule has 7 nitrogen and oxygen atoms in total. The number of aromatic nitrogens is 3.